The quantitative estimate of drug-likeness (QED) is 0.870. The van der Waals surface area contributed by atoms with Crippen LogP contribution in [-0.2, 0) is 6.42 Å². The fraction of sp³-hybridized carbons (Fsp3) is 0.600. The molecule has 0 aromatic heterocycles. The topological polar surface area (TPSA) is 30.5 Å². The van der Waals surface area contributed by atoms with E-state index >= 15 is 0 Å². The van der Waals surface area contributed by atoms with Crippen molar-refractivity contribution < 1.29 is 9.47 Å². The number of hydrogen-bond acceptors (Lipinski definition) is 3. The second-order valence-electron chi connectivity index (χ2n) is 5.29. The minimum Gasteiger partial charge on any atom is -0.486 e. The summed E-state index contributed by atoms with van der Waals surface area (Å²) in [5.41, 5.74) is 2.67. The van der Waals surface area contributed by atoms with Crippen molar-refractivity contribution in [2.45, 2.75) is 26.2 Å². The molecule has 1 saturated heterocycles. The molecule has 0 saturated carbocycles. The lowest BCUT2D eigenvalue weighted by molar-refractivity contribution is 0.170. The van der Waals surface area contributed by atoms with Crippen LogP contribution in [0.15, 0.2) is 12.1 Å². The van der Waals surface area contributed by atoms with Crippen molar-refractivity contribution in [1.82, 2.24) is 5.32 Å². The molecule has 0 radical (unpaired) electrons. The van der Waals surface area contributed by atoms with Crippen LogP contribution in [0.5, 0.6) is 11.5 Å². The summed E-state index contributed by atoms with van der Waals surface area (Å²) in [6.07, 6.45) is 3.78. The zero-order valence-corrected chi connectivity index (χ0v) is 11.0. The van der Waals surface area contributed by atoms with Gasteiger partial charge in [0.2, 0.25) is 0 Å². The van der Waals surface area contributed by atoms with Crippen LogP contribution in [0, 0.1) is 12.8 Å². The highest BCUT2D eigenvalue weighted by Crippen LogP contribution is 2.36. The third-order valence-corrected chi connectivity index (χ3v) is 3.98. The third kappa shape index (κ3) is 2.32. The predicted octanol–water partition coefficient (Wildman–Crippen LogP) is 2.31. The maximum atomic E-state index is 5.74. The molecule has 3 rings (SSSR count). The normalized spacial score (nSPS) is 22.8. The zero-order valence-electron chi connectivity index (χ0n) is 11.0. The van der Waals surface area contributed by atoms with Crippen molar-refractivity contribution >= 4 is 0 Å². The van der Waals surface area contributed by atoms with Gasteiger partial charge in [-0.05, 0) is 62.4 Å². The highest BCUT2D eigenvalue weighted by Gasteiger charge is 2.19. The Balaban J connectivity index is 1.79. The summed E-state index contributed by atoms with van der Waals surface area (Å²) in [7, 11) is 0. The average molecular weight is 247 g/mol. The van der Waals surface area contributed by atoms with Gasteiger partial charge in [0, 0.05) is 0 Å². The lowest BCUT2D eigenvalue weighted by Gasteiger charge is -2.25. The highest BCUT2D eigenvalue weighted by atomic mass is 16.6. The molecule has 0 aliphatic carbocycles. The lowest BCUT2D eigenvalue weighted by atomic mass is 9.90. The van der Waals surface area contributed by atoms with Crippen molar-refractivity contribution in [3.05, 3.63) is 23.3 Å². The summed E-state index contributed by atoms with van der Waals surface area (Å²) in [5, 5.41) is 3.48. The first kappa shape index (κ1) is 11.8. The van der Waals surface area contributed by atoms with Crippen LogP contribution < -0.4 is 14.8 Å². The molecule has 1 fully saturated rings. The monoisotopic (exact) mass is 247 g/mol. The van der Waals surface area contributed by atoms with Gasteiger partial charge in [-0.3, -0.25) is 0 Å². The van der Waals surface area contributed by atoms with E-state index in [4.69, 9.17) is 9.47 Å². The molecule has 18 heavy (non-hydrogen) atoms. The van der Waals surface area contributed by atoms with Gasteiger partial charge in [-0.2, -0.15) is 0 Å². The molecule has 1 aromatic carbocycles. The Morgan fingerprint density at radius 3 is 3.00 bits per heavy atom. The Kier molecular flexibility index (Phi) is 3.41. The van der Waals surface area contributed by atoms with E-state index in [9.17, 15) is 0 Å². The number of nitrogens with one attached hydrogen (secondary N) is 1. The standard InChI is InChI=1S/C15H21NO2/c1-11-13(9-12-3-2-6-16-10-12)4-5-14-15(11)18-8-7-17-14/h4-5,12,16H,2-3,6-10H2,1H3. The molecule has 2 aliphatic heterocycles. The first-order chi connectivity index (χ1) is 8.84. The van der Waals surface area contributed by atoms with Gasteiger partial charge in [0.15, 0.2) is 11.5 Å². The van der Waals surface area contributed by atoms with Gasteiger partial charge >= 0.3 is 0 Å². The summed E-state index contributed by atoms with van der Waals surface area (Å²) < 4.78 is 11.4. The zero-order chi connectivity index (χ0) is 12.4. The molecule has 1 N–H and O–H groups in total. The number of fused-ring (bicyclic) bond motifs is 1. The lowest BCUT2D eigenvalue weighted by Crippen LogP contribution is -2.31. The van der Waals surface area contributed by atoms with Gasteiger partial charge in [-0.1, -0.05) is 6.07 Å². The minimum atomic E-state index is 0.665. The first-order valence-electron chi connectivity index (χ1n) is 6.93. The molecule has 98 valence electrons. The number of rotatable bonds is 2. The van der Waals surface area contributed by atoms with E-state index in [0.29, 0.717) is 13.2 Å². The van der Waals surface area contributed by atoms with Gasteiger partial charge < -0.3 is 14.8 Å². The summed E-state index contributed by atoms with van der Waals surface area (Å²) >= 11 is 0. The summed E-state index contributed by atoms with van der Waals surface area (Å²) in [4.78, 5) is 0. The molecule has 1 atom stereocenters. The van der Waals surface area contributed by atoms with E-state index in [1.165, 1.54) is 30.5 Å². The Morgan fingerprint density at radius 1 is 1.28 bits per heavy atom. The van der Waals surface area contributed by atoms with Crippen molar-refractivity contribution in [2.75, 3.05) is 26.3 Å². The Hall–Kier alpha value is -1.22. The van der Waals surface area contributed by atoms with Crippen LogP contribution in [0.1, 0.15) is 24.0 Å². The Morgan fingerprint density at radius 2 is 2.17 bits per heavy atom. The Bertz CT molecular complexity index is 425. The largest absolute Gasteiger partial charge is 0.486 e. The van der Waals surface area contributed by atoms with Gasteiger partial charge in [0.1, 0.15) is 13.2 Å². The molecule has 3 nitrogen and oxygen atoms in total. The fourth-order valence-corrected chi connectivity index (χ4v) is 2.93. The molecular formula is C15H21NO2. The van der Waals surface area contributed by atoms with E-state index < -0.39 is 0 Å². The molecule has 2 heterocycles. The van der Waals surface area contributed by atoms with Crippen LogP contribution in [0.4, 0.5) is 0 Å². The molecule has 1 aromatic rings. The second-order valence-corrected chi connectivity index (χ2v) is 5.29. The van der Waals surface area contributed by atoms with Gasteiger partial charge in [-0.25, -0.2) is 0 Å². The molecular weight excluding hydrogens is 226 g/mol. The van der Waals surface area contributed by atoms with Crippen molar-refractivity contribution in [2.24, 2.45) is 5.92 Å². The number of benzene rings is 1. The van der Waals surface area contributed by atoms with Crippen LogP contribution >= 0.6 is 0 Å². The maximum Gasteiger partial charge on any atom is 0.164 e. The van der Waals surface area contributed by atoms with E-state index in [1.807, 2.05) is 0 Å². The average Bonchev–Trinajstić information content (AvgIpc) is 2.43. The molecule has 0 amide bonds. The fourth-order valence-electron chi connectivity index (χ4n) is 2.93. The van der Waals surface area contributed by atoms with Crippen molar-refractivity contribution in [3.8, 4) is 11.5 Å². The van der Waals surface area contributed by atoms with Crippen LogP contribution in [0.25, 0.3) is 0 Å². The van der Waals surface area contributed by atoms with Crippen LogP contribution in [0.2, 0.25) is 0 Å². The third-order valence-electron chi connectivity index (χ3n) is 3.98. The molecule has 0 bridgehead atoms. The first-order valence-corrected chi connectivity index (χ1v) is 6.93. The molecule has 0 spiro atoms. The second kappa shape index (κ2) is 5.19. The van der Waals surface area contributed by atoms with Crippen LogP contribution in [0.3, 0.4) is 0 Å². The summed E-state index contributed by atoms with van der Waals surface area (Å²) in [6, 6.07) is 4.27. The van der Waals surface area contributed by atoms with E-state index in [0.717, 1.165) is 30.4 Å². The van der Waals surface area contributed by atoms with Crippen molar-refractivity contribution in [1.29, 1.82) is 0 Å². The number of hydrogen-bond donors (Lipinski definition) is 1. The van der Waals surface area contributed by atoms with Gasteiger partial charge in [0.05, 0.1) is 0 Å². The highest BCUT2D eigenvalue weighted by molar-refractivity contribution is 5.50. The molecule has 1 unspecified atom stereocenters. The van der Waals surface area contributed by atoms with Crippen LogP contribution in [-0.4, -0.2) is 26.3 Å². The molecule has 2 aliphatic rings. The summed E-state index contributed by atoms with van der Waals surface area (Å²) in [6.45, 7) is 5.81. The SMILES string of the molecule is Cc1c(CC2CCCNC2)ccc2c1OCCO2. The van der Waals surface area contributed by atoms with Gasteiger partial charge in [-0.15, -0.1) is 0 Å². The van der Waals surface area contributed by atoms with Gasteiger partial charge in [0.25, 0.3) is 0 Å². The predicted molar refractivity (Wildman–Crippen MR) is 71.5 cm³/mol. The Labute approximate surface area is 108 Å². The van der Waals surface area contributed by atoms with E-state index in [-0.39, 0.29) is 0 Å². The van der Waals surface area contributed by atoms with E-state index in [2.05, 4.69) is 24.4 Å². The number of piperidine rings is 1. The minimum absolute atomic E-state index is 0.665. The van der Waals surface area contributed by atoms with E-state index in [1.54, 1.807) is 0 Å². The summed E-state index contributed by atoms with van der Waals surface area (Å²) in [5.74, 6) is 2.63. The number of ether oxygens (including phenoxy) is 2. The molecule has 3 heteroatoms. The maximum absolute atomic E-state index is 5.74. The van der Waals surface area contributed by atoms with Crippen molar-refractivity contribution in [3.63, 3.8) is 0 Å². The smallest absolute Gasteiger partial charge is 0.164 e.